The van der Waals surface area contributed by atoms with Crippen LogP contribution >= 0.6 is 11.6 Å². The van der Waals surface area contributed by atoms with E-state index in [0.29, 0.717) is 34.6 Å². The van der Waals surface area contributed by atoms with Gasteiger partial charge < -0.3 is 18.9 Å². The van der Waals surface area contributed by atoms with Gasteiger partial charge in [0, 0.05) is 17.2 Å². The van der Waals surface area contributed by atoms with Gasteiger partial charge in [-0.3, -0.25) is 0 Å². The molecule has 0 aliphatic carbocycles. The van der Waals surface area contributed by atoms with E-state index in [1.54, 1.807) is 28.4 Å². The van der Waals surface area contributed by atoms with Crippen molar-refractivity contribution in [1.82, 2.24) is 10.2 Å². The number of methoxy groups -OCH3 is 4. The van der Waals surface area contributed by atoms with Crippen LogP contribution in [0.1, 0.15) is 11.3 Å². The maximum atomic E-state index is 6.24. The van der Waals surface area contributed by atoms with Gasteiger partial charge in [-0.05, 0) is 29.8 Å². The number of nitrogens with zero attached hydrogens (tertiary/aromatic N) is 2. The number of benzene rings is 2. The highest BCUT2D eigenvalue weighted by Crippen LogP contribution is 2.36. The van der Waals surface area contributed by atoms with E-state index in [9.17, 15) is 0 Å². The zero-order valence-corrected chi connectivity index (χ0v) is 15.8. The largest absolute Gasteiger partial charge is 0.493 e. The average molecular weight is 375 g/mol. The van der Waals surface area contributed by atoms with Gasteiger partial charge in [-0.25, -0.2) is 0 Å². The molecule has 1 aromatic heterocycles. The second-order valence-electron chi connectivity index (χ2n) is 5.56. The molecule has 0 spiro atoms. The molecule has 0 fully saturated rings. The summed E-state index contributed by atoms with van der Waals surface area (Å²) in [6.45, 7) is 0. The molecule has 0 amide bonds. The average Bonchev–Trinajstić information content (AvgIpc) is 2.69. The molecule has 26 heavy (non-hydrogen) atoms. The second-order valence-corrected chi connectivity index (χ2v) is 5.91. The molecule has 0 aliphatic heterocycles. The minimum atomic E-state index is 0.317. The number of rotatable bonds is 6. The lowest BCUT2D eigenvalue weighted by molar-refractivity contribution is 0.354. The number of hydrogen-bond acceptors (Lipinski definition) is 6. The van der Waals surface area contributed by atoms with Gasteiger partial charge in [0.2, 0.25) is 0 Å². The van der Waals surface area contributed by atoms with E-state index in [0.717, 1.165) is 22.0 Å². The fourth-order valence-electron chi connectivity index (χ4n) is 2.81. The van der Waals surface area contributed by atoms with Crippen LogP contribution in [0.4, 0.5) is 0 Å². The first-order valence-corrected chi connectivity index (χ1v) is 8.26. The van der Waals surface area contributed by atoms with Gasteiger partial charge in [-0.2, -0.15) is 5.10 Å². The third kappa shape index (κ3) is 3.32. The quantitative estimate of drug-likeness (QED) is 0.652. The van der Waals surface area contributed by atoms with E-state index in [-0.39, 0.29) is 0 Å². The predicted molar refractivity (Wildman–Crippen MR) is 100 cm³/mol. The molecule has 0 radical (unpaired) electrons. The highest BCUT2D eigenvalue weighted by atomic mass is 35.5. The van der Waals surface area contributed by atoms with E-state index in [4.69, 9.17) is 30.5 Å². The van der Waals surface area contributed by atoms with Crippen molar-refractivity contribution in [3.05, 3.63) is 46.7 Å². The molecule has 0 bridgehead atoms. The predicted octanol–water partition coefficient (Wildman–Crippen LogP) is 3.91. The van der Waals surface area contributed by atoms with Crippen LogP contribution in [0.3, 0.4) is 0 Å². The van der Waals surface area contributed by atoms with Crippen LogP contribution in [0, 0.1) is 0 Å². The van der Waals surface area contributed by atoms with Crippen LogP contribution in [0.5, 0.6) is 23.0 Å². The van der Waals surface area contributed by atoms with E-state index in [2.05, 4.69) is 10.2 Å². The Bertz CT molecular complexity index is 946. The number of halogens is 1. The molecule has 1 heterocycles. The summed E-state index contributed by atoms with van der Waals surface area (Å²) in [5.74, 6) is 2.54. The molecule has 0 atom stereocenters. The summed E-state index contributed by atoms with van der Waals surface area (Å²) in [7, 11) is 6.39. The Hall–Kier alpha value is -2.73. The highest BCUT2D eigenvalue weighted by Gasteiger charge is 2.15. The lowest BCUT2D eigenvalue weighted by Gasteiger charge is -2.13. The van der Waals surface area contributed by atoms with Crippen LogP contribution < -0.4 is 18.9 Å². The van der Waals surface area contributed by atoms with Gasteiger partial charge in [0.05, 0.1) is 34.1 Å². The molecule has 7 heteroatoms. The van der Waals surface area contributed by atoms with E-state index in [1.165, 1.54) is 0 Å². The topological polar surface area (TPSA) is 62.7 Å². The third-order valence-electron chi connectivity index (χ3n) is 4.13. The van der Waals surface area contributed by atoms with Gasteiger partial charge in [-0.15, -0.1) is 5.10 Å². The number of ether oxygens (including phenoxy) is 4. The van der Waals surface area contributed by atoms with Crippen molar-refractivity contribution in [1.29, 1.82) is 0 Å². The number of fused-ring (bicyclic) bond motifs is 1. The zero-order valence-electron chi connectivity index (χ0n) is 15.0. The minimum absolute atomic E-state index is 0.317. The van der Waals surface area contributed by atoms with Crippen molar-refractivity contribution in [2.45, 2.75) is 6.42 Å². The SMILES string of the molecule is COc1ccc(Cc2nnc(Cl)c3cc(OC)c(OC)cc23)cc1OC. The maximum absolute atomic E-state index is 6.24. The zero-order chi connectivity index (χ0) is 18.7. The molecule has 0 saturated carbocycles. The Morgan fingerprint density at radius 1 is 0.731 bits per heavy atom. The van der Waals surface area contributed by atoms with Gasteiger partial charge in [0.25, 0.3) is 0 Å². The molecular weight excluding hydrogens is 356 g/mol. The van der Waals surface area contributed by atoms with Crippen molar-refractivity contribution in [3.63, 3.8) is 0 Å². The minimum Gasteiger partial charge on any atom is -0.493 e. The Balaban J connectivity index is 2.09. The highest BCUT2D eigenvalue weighted by molar-refractivity contribution is 6.34. The van der Waals surface area contributed by atoms with Gasteiger partial charge in [0.1, 0.15) is 0 Å². The summed E-state index contributed by atoms with van der Waals surface area (Å²) in [5.41, 5.74) is 1.79. The van der Waals surface area contributed by atoms with Crippen molar-refractivity contribution in [3.8, 4) is 23.0 Å². The molecule has 136 valence electrons. The molecule has 0 N–H and O–H groups in total. The van der Waals surface area contributed by atoms with Crippen LogP contribution in [-0.2, 0) is 6.42 Å². The summed E-state index contributed by atoms with van der Waals surface area (Å²) < 4.78 is 21.4. The lowest BCUT2D eigenvalue weighted by Crippen LogP contribution is -2.00. The van der Waals surface area contributed by atoms with E-state index >= 15 is 0 Å². The first-order valence-electron chi connectivity index (χ1n) is 7.89. The van der Waals surface area contributed by atoms with Crippen molar-refractivity contribution in [2.24, 2.45) is 0 Å². The van der Waals surface area contributed by atoms with Crippen molar-refractivity contribution < 1.29 is 18.9 Å². The fraction of sp³-hybridized carbons (Fsp3) is 0.263. The van der Waals surface area contributed by atoms with Crippen molar-refractivity contribution >= 4 is 22.4 Å². The first-order chi connectivity index (χ1) is 12.6. The normalized spacial score (nSPS) is 10.7. The monoisotopic (exact) mass is 374 g/mol. The van der Waals surface area contributed by atoms with E-state index in [1.807, 2.05) is 30.3 Å². The summed E-state index contributed by atoms with van der Waals surface area (Å²) in [5, 5.41) is 10.3. The Morgan fingerprint density at radius 3 is 1.92 bits per heavy atom. The summed E-state index contributed by atoms with van der Waals surface area (Å²) in [6, 6.07) is 9.42. The standard InChI is InChI=1S/C19H19ClN2O4/c1-23-15-6-5-11(8-16(15)24-2)7-14-12-9-17(25-3)18(26-4)10-13(12)19(20)22-21-14/h5-6,8-10H,7H2,1-4H3. The van der Waals surface area contributed by atoms with Crippen LogP contribution in [0.25, 0.3) is 10.8 Å². The summed E-state index contributed by atoms with van der Waals surface area (Å²) in [6.07, 6.45) is 0.552. The number of aromatic nitrogens is 2. The van der Waals surface area contributed by atoms with Crippen molar-refractivity contribution in [2.75, 3.05) is 28.4 Å². The van der Waals surface area contributed by atoms with Crippen LogP contribution in [0.15, 0.2) is 30.3 Å². The van der Waals surface area contributed by atoms with Crippen LogP contribution in [-0.4, -0.2) is 38.6 Å². The molecule has 2 aromatic carbocycles. The molecular formula is C19H19ClN2O4. The fourth-order valence-corrected chi connectivity index (χ4v) is 3.01. The third-order valence-corrected chi connectivity index (χ3v) is 4.41. The van der Waals surface area contributed by atoms with Crippen LogP contribution in [0.2, 0.25) is 5.15 Å². The second kappa shape index (κ2) is 7.66. The maximum Gasteiger partial charge on any atom is 0.161 e. The molecule has 0 unspecified atom stereocenters. The Labute approximate surface area is 156 Å². The summed E-state index contributed by atoms with van der Waals surface area (Å²) >= 11 is 6.24. The van der Waals surface area contributed by atoms with Gasteiger partial charge in [0.15, 0.2) is 28.2 Å². The Morgan fingerprint density at radius 2 is 1.31 bits per heavy atom. The molecule has 3 aromatic rings. The molecule has 0 saturated heterocycles. The Kier molecular flexibility index (Phi) is 5.32. The molecule has 6 nitrogen and oxygen atoms in total. The first kappa shape index (κ1) is 18.1. The summed E-state index contributed by atoms with van der Waals surface area (Å²) in [4.78, 5) is 0. The number of hydrogen-bond donors (Lipinski definition) is 0. The smallest absolute Gasteiger partial charge is 0.161 e. The molecule has 3 rings (SSSR count). The van der Waals surface area contributed by atoms with E-state index < -0.39 is 0 Å². The van der Waals surface area contributed by atoms with Gasteiger partial charge in [-0.1, -0.05) is 17.7 Å². The molecule has 0 aliphatic rings. The lowest BCUT2D eigenvalue weighted by atomic mass is 10.0. The van der Waals surface area contributed by atoms with Gasteiger partial charge >= 0.3 is 0 Å².